The van der Waals surface area contributed by atoms with Crippen molar-refractivity contribution in [2.24, 2.45) is 0 Å². The van der Waals surface area contributed by atoms with Crippen LogP contribution in [0.2, 0.25) is 0 Å². The molecule has 0 saturated carbocycles. The lowest BCUT2D eigenvalue weighted by atomic mass is 10.1. The molecule has 1 saturated heterocycles. The zero-order valence-electron chi connectivity index (χ0n) is 17.4. The monoisotopic (exact) mass is 464 g/mol. The SMILES string of the molecule is COC(O)N1CCOC(CCNC(=O)c2ccc3c(c2)NC(=O)c2cccn2S3(=O)=O)C1. The van der Waals surface area contributed by atoms with Gasteiger partial charge in [-0.05, 0) is 36.8 Å². The lowest BCUT2D eigenvalue weighted by Crippen LogP contribution is -2.49. The Balaban J connectivity index is 1.42. The fourth-order valence-corrected chi connectivity index (χ4v) is 5.23. The molecule has 2 amide bonds. The van der Waals surface area contributed by atoms with Crippen LogP contribution in [0.4, 0.5) is 5.69 Å². The second kappa shape index (κ2) is 9.00. The molecule has 2 aliphatic rings. The van der Waals surface area contributed by atoms with E-state index in [0.717, 1.165) is 3.97 Å². The van der Waals surface area contributed by atoms with Gasteiger partial charge in [0.2, 0.25) is 6.41 Å². The Labute approximate surface area is 185 Å². The van der Waals surface area contributed by atoms with Crippen molar-refractivity contribution in [2.45, 2.75) is 23.8 Å². The number of aliphatic hydroxyl groups excluding tert-OH is 1. The lowest BCUT2D eigenvalue weighted by molar-refractivity contribution is -0.205. The molecule has 0 radical (unpaired) electrons. The summed E-state index contributed by atoms with van der Waals surface area (Å²) in [5.74, 6) is -0.986. The molecule has 2 atom stereocenters. The first kappa shape index (κ1) is 22.4. The highest BCUT2D eigenvalue weighted by molar-refractivity contribution is 7.90. The summed E-state index contributed by atoms with van der Waals surface area (Å²) in [6, 6.07) is 6.95. The van der Waals surface area contributed by atoms with Gasteiger partial charge >= 0.3 is 0 Å². The van der Waals surface area contributed by atoms with Gasteiger partial charge in [0.25, 0.3) is 21.8 Å². The highest BCUT2D eigenvalue weighted by atomic mass is 32.2. The number of morpholine rings is 1. The molecule has 32 heavy (non-hydrogen) atoms. The first-order valence-corrected chi connectivity index (χ1v) is 11.5. The van der Waals surface area contributed by atoms with Gasteiger partial charge in [-0.2, -0.15) is 0 Å². The fourth-order valence-electron chi connectivity index (χ4n) is 3.75. The molecule has 3 N–H and O–H groups in total. The molecule has 1 aromatic carbocycles. The maximum absolute atomic E-state index is 12.9. The molecule has 172 valence electrons. The van der Waals surface area contributed by atoms with Crippen LogP contribution in [0.1, 0.15) is 27.3 Å². The standard InChI is InChI=1S/C20H24N4O7S/c1-30-20(27)23-9-10-31-14(12-23)6-7-21-18(25)13-4-5-17-15(11-13)22-19(26)16-3-2-8-24(16)32(17,28)29/h2-5,8,11,14,20,27H,6-7,9-10,12H2,1H3,(H,21,25)(H,22,26). The molecule has 11 nitrogen and oxygen atoms in total. The van der Waals surface area contributed by atoms with E-state index in [1.807, 2.05) is 0 Å². The minimum Gasteiger partial charge on any atom is -0.375 e. The predicted octanol–water partition coefficient (Wildman–Crippen LogP) is 0.0338. The number of anilines is 1. The van der Waals surface area contributed by atoms with Crippen LogP contribution in [-0.4, -0.2) is 80.1 Å². The number of rotatable bonds is 6. The first-order valence-electron chi connectivity index (χ1n) is 10.0. The van der Waals surface area contributed by atoms with Gasteiger partial charge in [0.15, 0.2) is 0 Å². The van der Waals surface area contributed by atoms with Gasteiger partial charge in [-0.15, -0.1) is 0 Å². The number of fused-ring (bicyclic) bond motifs is 2. The summed E-state index contributed by atoms with van der Waals surface area (Å²) >= 11 is 0. The number of benzene rings is 1. The third kappa shape index (κ3) is 4.27. The normalized spacial score (nSPS) is 21.1. The van der Waals surface area contributed by atoms with Crippen LogP contribution >= 0.6 is 0 Å². The van der Waals surface area contributed by atoms with Gasteiger partial charge in [0.1, 0.15) is 10.6 Å². The summed E-state index contributed by atoms with van der Waals surface area (Å²) in [6.07, 6.45) is 0.647. The molecule has 2 aliphatic heterocycles. The number of carbonyl (C=O) groups is 2. The Morgan fingerprint density at radius 2 is 2.22 bits per heavy atom. The molecular weight excluding hydrogens is 440 g/mol. The maximum Gasteiger partial charge on any atom is 0.273 e. The van der Waals surface area contributed by atoms with Crippen LogP contribution in [0.5, 0.6) is 0 Å². The number of nitrogens with one attached hydrogen (secondary N) is 2. The van der Waals surface area contributed by atoms with E-state index in [1.54, 1.807) is 4.90 Å². The average molecular weight is 465 g/mol. The Bertz CT molecular complexity index is 1130. The largest absolute Gasteiger partial charge is 0.375 e. The van der Waals surface area contributed by atoms with E-state index in [4.69, 9.17) is 9.47 Å². The topological polar surface area (TPSA) is 139 Å². The molecule has 2 aromatic rings. The zero-order valence-corrected chi connectivity index (χ0v) is 18.2. The van der Waals surface area contributed by atoms with Gasteiger partial charge in [-0.25, -0.2) is 12.4 Å². The van der Waals surface area contributed by atoms with Gasteiger partial charge in [-0.3, -0.25) is 14.5 Å². The van der Waals surface area contributed by atoms with Crippen LogP contribution in [-0.2, 0) is 19.5 Å². The van der Waals surface area contributed by atoms with E-state index in [-0.39, 0.29) is 27.9 Å². The van der Waals surface area contributed by atoms with Crippen LogP contribution in [0, 0.1) is 0 Å². The molecule has 1 fully saturated rings. The van der Waals surface area contributed by atoms with Gasteiger partial charge in [-0.1, -0.05) is 0 Å². The van der Waals surface area contributed by atoms with Crippen LogP contribution in [0.3, 0.4) is 0 Å². The van der Waals surface area contributed by atoms with Gasteiger partial charge in [0.05, 0.1) is 18.4 Å². The third-order valence-corrected chi connectivity index (χ3v) is 7.17. The van der Waals surface area contributed by atoms with E-state index in [2.05, 4.69) is 10.6 Å². The predicted molar refractivity (Wildman–Crippen MR) is 113 cm³/mol. The second-order valence-corrected chi connectivity index (χ2v) is 9.24. The zero-order chi connectivity index (χ0) is 22.9. The number of aliphatic hydroxyl groups is 1. The van der Waals surface area contributed by atoms with E-state index in [9.17, 15) is 23.1 Å². The molecule has 0 aliphatic carbocycles. The number of amides is 2. The Kier molecular flexibility index (Phi) is 6.31. The molecule has 0 bridgehead atoms. The van der Waals surface area contributed by atoms with Crippen molar-refractivity contribution in [1.82, 2.24) is 14.2 Å². The first-order chi connectivity index (χ1) is 15.3. The number of ether oxygens (including phenoxy) is 2. The van der Waals surface area contributed by atoms with Crippen molar-refractivity contribution < 1.29 is 32.6 Å². The highest BCUT2D eigenvalue weighted by Gasteiger charge is 2.30. The number of nitrogens with zero attached hydrogens (tertiary/aromatic N) is 2. The number of hydrogen-bond donors (Lipinski definition) is 3. The van der Waals surface area contributed by atoms with Crippen molar-refractivity contribution >= 4 is 27.5 Å². The highest BCUT2D eigenvalue weighted by Crippen LogP contribution is 2.29. The molecule has 0 spiro atoms. The van der Waals surface area contributed by atoms with E-state index in [1.165, 1.54) is 43.6 Å². The average Bonchev–Trinajstić information content (AvgIpc) is 3.27. The quantitative estimate of drug-likeness (QED) is 0.509. The summed E-state index contributed by atoms with van der Waals surface area (Å²) in [4.78, 5) is 26.6. The number of hydrogen-bond acceptors (Lipinski definition) is 8. The fraction of sp³-hybridized carbons (Fsp3) is 0.400. The number of carbonyl (C=O) groups excluding carboxylic acids is 2. The van der Waals surface area contributed by atoms with Crippen molar-refractivity contribution in [3.63, 3.8) is 0 Å². The summed E-state index contributed by atoms with van der Waals surface area (Å²) in [5.41, 5.74) is 0.255. The Morgan fingerprint density at radius 3 is 3.00 bits per heavy atom. The maximum atomic E-state index is 12.9. The molecule has 12 heteroatoms. The van der Waals surface area contributed by atoms with Crippen molar-refractivity contribution in [3.05, 3.63) is 47.8 Å². The Morgan fingerprint density at radius 1 is 1.41 bits per heavy atom. The van der Waals surface area contributed by atoms with E-state index in [0.29, 0.717) is 32.7 Å². The van der Waals surface area contributed by atoms with Crippen molar-refractivity contribution in [3.8, 4) is 0 Å². The van der Waals surface area contributed by atoms with Crippen LogP contribution in [0.25, 0.3) is 0 Å². The van der Waals surface area contributed by atoms with E-state index >= 15 is 0 Å². The summed E-state index contributed by atoms with van der Waals surface area (Å²) in [5, 5.41) is 15.1. The number of aromatic nitrogens is 1. The molecular formula is C20H24N4O7S. The van der Waals surface area contributed by atoms with Crippen LogP contribution in [0.15, 0.2) is 41.4 Å². The van der Waals surface area contributed by atoms with Crippen LogP contribution < -0.4 is 10.6 Å². The molecule has 3 heterocycles. The summed E-state index contributed by atoms with van der Waals surface area (Å²) < 4.78 is 37.2. The third-order valence-electron chi connectivity index (χ3n) is 5.42. The lowest BCUT2D eigenvalue weighted by Gasteiger charge is -2.34. The van der Waals surface area contributed by atoms with Crippen molar-refractivity contribution in [1.29, 1.82) is 0 Å². The summed E-state index contributed by atoms with van der Waals surface area (Å²) in [6.45, 7) is 1.77. The molecule has 2 unspecified atom stereocenters. The molecule has 4 rings (SSSR count). The van der Waals surface area contributed by atoms with E-state index < -0.39 is 28.3 Å². The van der Waals surface area contributed by atoms with Gasteiger partial charge < -0.3 is 25.2 Å². The van der Waals surface area contributed by atoms with Gasteiger partial charge in [0, 0.05) is 38.5 Å². The Hall–Kier alpha value is -2.77. The number of methoxy groups -OCH3 is 1. The minimum atomic E-state index is -3.97. The second-order valence-electron chi connectivity index (χ2n) is 7.45. The summed E-state index contributed by atoms with van der Waals surface area (Å²) in [7, 11) is -2.55. The molecule has 1 aromatic heterocycles. The minimum absolute atomic E-state index is 0.00711. The smallest absolute Gasteiger partial charge is 0.273 e. The van der Waals surface area contributed by atoms with Crippen molar-refractivity contribution in [2.75, 3.05) is 38.7 Å².